The first-order chi connectivity index (χ1) is 8.68. The van der Waals surface area contributed by atoms with E-state index in [0.29, 0.717) is 12.5 Å². The van der Waals surface area contributed by atoms with Crippen LogP contribution in [0, 0.1) is 0 Å². The first-order valence-corrected chi connectivity index (χ1v) is 7.31. The summed E-state index contributed by atoms with van der Waals surface area (Å²) in [5.74, 6) is 0.166. The molecule has 0 bridgehead atoms. The maximum atomic E-state index is 11.8. The van der Waals surface area contributed by atoms with Crippen LogP contribution in [0.5, 0.6) is 0 Å². The molecule has 4 heteroatoms. The maximum Gasteiger partial charge on any atom is 0.220 e. The Morgan fingerprint density at radius 1 is 1.44 bits per heavy atom. The van der Waals surface area contributed by atoms with Crippen LogP contribution in [0.2, 0.25) is 0 Å². The second-order valence-electron chi connectivity index (χ2n) is 5.89. The van der Waals surface area contributed by atoms with E-state index in [1.54, 1.807) is 0 Å². The molecule has 0 aliphatic carbocycles. The van der Waals surface area contributed by atoms with Crippen LogP contribution in [-0.2, 0) is 9.53 Å². The van der Waals surface area contributed by atoms with Crippen LogP contribution in [0.15, 0.2) is 0 Å². The van der Waals surface area contributed by atoms with Gasteiger partial charge in [0.15, 0.2) is 0 Å². The van der Waals surface area contributed by atoms with E-state index in [2.05, 4.69) is 17.6 Å². The van der Waals surface area contributed by atoms with Gasteiger partial charge in [0.25, 0.3) is 0 Å². The van der Waals surface area contributed by atoms with E-state index in [1.807, 2.05) is 0 Å². The molecule has 2 fully saturated rings. The van der Waals surface area contributed by atoms with Crippen LogP contribution in [0.3, 0.4) is 0 Å². The topological polar surface area (TPSA) is 50.4 Å². The molecule has 1 amide bonds. The van der Waals surface area contributed by atoms with E-state index in [1.165, 1.54) is 19.3 Å². The number of amides is 1. The second kappa shape index (κ2) is 6.53. The van der Waals surface area contributed by atoms with Crippen LogP contribution >= 0.6 is 0 Å². The summed E-state index contributed by atoms with van der Waals surface area (Å²) in [6.45, 7) is 4.87. The van der Waals surface area contributed by atoms with E-state index < -0.39 is 0 Å². The van der Waals surface area contributed by atoms with Gasteiger partial charge in [-0.15, -0.1) is 0 Å². The summed E-state index contributed by atoms with van der Waals surface area (Å²) in [5.41, 5.74) is 0.108. The van der Waals surface area contributed by atoms with Crippen molar-refractivity contribution in [1.82, 2.24) is 10.6 Å². The SMILES string of the molecule is CC1(CNC(=O)CCC2CCCCO2)CCCN1. The highest BCUT2D eigenvalue weighted by molar-refractivity contribution is 5.75. The smallest absolute Gasteiger partial charge is 0.220 e. The Morgan fingerprint density at radius 3 is 3.00 bits per heavy atom. The minimum absolute atomic E-state index is 0.108. The molecule has 0 radical (unpaired) electrons. The highest BCUT2D eigenvalue weighted by atomic mass is 16.5. The lowest BCUT2D eigenvalue weighted by Gasteiger charge is -2.25. The molecule has 2 heterocycles. The number of hydrogen-bond acceptors (Lipinski definition) is 3. The Labute approximate surface area is 110 Å². The van der Waals surface area contributed by atoms with Gasteiger partial charge >= 0.3 is 0 Å². The number of nitrogens with one attached hydrogen (secondary N) is 2. The second-order valence-corrected chi connectivity index (χ2v) is 5.89. The molecule has 0 aromatic carbocycles. The quantitative estimate of drug-likeness (QED) is 0.783. The summed E-state index contributed by atoms with van der Waals surface area (Å²) < 4.78 is 5.63. The molecule has 104 valence electrons. The minimum atomic E-state index is 0.108. The molecule has 2 aliphatic rings. The Kier molecular flexibility index (Phi) is 5.01. The third kappa shape index (κ3) is 4.25. The van der Waals surface area contributed by atoms with Crippen molar-refractivity contribution in [1.29, 1.82) is 0 Å². The van der Waals surface area contributed by atoms with Crippen molar-refractivity contribution >= 4 is 5.91 Å². The Morgan fingerprint density at radius 2 is 2.33 bits per heavy atom. The lowest BCUT2D eigenvalue weighted by atomic mass is 10.0. The van der Waals surface area contributed by atoms with Crippen molar-refractivity contribution in [3.8, 4) is 0 Å². The molecular formula is C14H26N2O2. The van der Waals surface area contributed by atoms with Crippen molar-refractivity contribution in [3.63, 3.8) is 0 Å². The molecule has 2 unspecified atom stereocenters. The molecule has 0 aromatic heterocycles. The predicted molar refractivity (Wildman–Crippen MR) is 71.5 cm³/mol. The molecule has 0 spiro atoms. The molecule has 0 aromatic rings. The average Bonchev–Trinajstić information content (AvgIpc) is 2.83. The van der Waals surface area contributed by atoms with Crippen molar-refractivity contribution in [2.24, 2.45) is 0 Å². The summed E-state index contributed by atoms with van der Waals surface area (Å²) >= 11 is 0. The van der Waals surface area contributed by atoms with Gasteiger partial charge in [-0.25, -0.2) is 0 Å². The van der Waals surface area contributed by atoms with Gasteiger partial charge in [0, 0.05) is 25.1 Å². The predicted octanol–water partition coefficient (Wildman–Crippen LogP) is 1.59. The number of hydrogen-bond donors (Lipinski definition) is 2. The van der Waals surface area contributed by atoms with Crippen molar-refractivity contribution in [2.45, 2.75) is 63.5 Å². The number of ether oxygens (including phenoxy) is 1. The lowest BCUT2D eigenvalue weighted by molar-refractivity contribution is -0.122. The molecule has 2 saturated heterocycles. The molecule has 4 nitrogen and oxygen atoms in total. The van der Waals surface area contributed by atoms with Crippen LogP contribution < -0.4 is 10.6 Å². The summed E-state index contributed by atoms with van der Waals surface area (Å²) in [5, 5.41) is 6.50. The summed E-state index contributed by atoms with van der Waals surface area (Å²) in [6.07, 6.45) is 7.68. The average molecular weight is 254 g/mol. The first kappa shape index (κ1) is 13.8. The minimum Gasteiger partial charge on any atom is -0.378 e. The molecule has 0 saturated carbocycles. The van der Waals surface area contributed by atoms with Gasteiger partial charge in [-0.1, -0.05) is 0 Å². The molecule has 2 rings (SSSR count). The first-order valence-electron chi connectivity index (χ1n) is 7.31. The summed E-state index contributed by atoms with van der Waals surface area (Å²) in [4.78, 5) is 11.8. The lowest BCUT2D eigenvalue weighted by Crippen LogP contribution is -2.47. The van der Waals surface area contributed by atoms with Crippen LogP contribution in [0.25, 0.3) is 0 Å². The van der Waals surface area contributed by atoms with Crippen molar-refractivity contribution in [2.75, 3.05) is 19.7 Å². The Bertz CT molecular complexity index is 269. The van der Waals surface area contributed by atoms with E-state index in [0.717, 1.165) is 39.0 Å². The largest absolute Gasteiger partial charge is 0.378 e. The highest BCUT2D eigenvalue weighted by Gasteiger charge is 2.28. The van der Waals surface area contributed by atoms with Crippen molar-refractivity contribution < 1.29 is 9.53 Å². The van der Waals surface area contributed by atoms with Crippen molar-refractivity contribution in [3.05, 3.63) is 0 Å². The number of carbonyl (C=O) groups excluding carboxylic acids is 1. The van der Waals surface area contributed by atoms with Gasteiger partial charge in [0.1, 0.15) is 0 Å². The number of rotatable bonds is 5. The maximum absolute atomic E-state index is 11.8. The standard InChI is InChI=1S/C14H26N2O2/c1-14(8-4-9-16-14)11-15-13(17)7-6-12-5-2-3-10-18-12/h12,16H,2-11H2,1H3,(H,15,17). The normalized spacial score (nSPS) is 32.4. The molecule has 18 heavy (non-hydrogen) atoms. The molecular weight excluding hydrogens is 228 g/mol. The fourth-order valence-corrected chi connectivity index (χ4v) is 2.82. The van der Waals surface area contributed by atoms with E-state index in [9.17, 15) is 4.79 Å². The zero-order valence-electron chi connectivity index (χ0n) is 11.5. The highest BCUT2D eigenvalue weighted by Crippen LogP contribution is 2.18. The Balaban J connectivity index is 1.59. The van der Waals surface area contributed by atoms with E-state index in [4.69, 9.17) is 4.74 Å². The number of carbonyl (C=O) groups is 1. The van der Waals surface area contributed by atoms with Gasteiger partial charge in [-0.3, -0.25) is 4.79 Å². The third-order valence-corrected chi connectivity index (χ3v) is 4.10. The third-order valence-electron chi connectivity index (χ3n) is 4.10. The molecule has 2 aliphatic heterocycles. The summed E-state index contributed by atoms with van der Waals surface area (Å²) in [6, 6.07) is 0. The zero-order chi connectivity index (χ0) is 12.8. The van der Waals surface area contributed by atoms with E-state index >= 15 is 0 Å². The summed E-state index contributed by atoms with van der Waals surface area (Å²) in [7, 11) is 0. The fourth-order valence-electron chi connectivity index (χ4n) is 2.82. The zero-order valence-corrected chi connectivity index (χ0v) is 11.5. The van der Waals surface area contributed by atoms with Crippen LogP contribution in [-0.4, -0.2) is 37.2 Å². The van der Waals surface area contributed by atoms with Crippen LogP contribution in [0.1, 0.15) is 51.9 Å². The fraction of sp³-hybridized carbons (Fsp3) is 0.929. The molecule has 2 N–H and O–H groups in total. The monoisotopic (exact) mass is 254 g/mol. The molecule has 2 atom stereocenters. The van der Waals surface area contributed by atoms with Gasteiger partial charge in [-0.05, 0) is 52.0 Å². The van der Waals surface area contributed by atoms with Gasteiger partial charge in [0.2, 0.25) is 5.91 Å². The van der Waals surface area contributed by atoms with Gasteiger partial charge < -0.3 is 15.4 Å². The van der Waals surface area contributed by atoms with Gasteiger partial charge in [-0.2, -0.15) is 0 Å². The van der Waals surface area contributed by atoms with Gasteiger partial charge in [0.05, 0.1) is 6.10 Å². The van der Waals surface area contributed by atoms with Crippen LogP contribution in [0.4, 0.5) is 0 Å². The van der Waals surface area contributed by atoms with E-state index in [-0.39, 0.29) is 11.4 Å². The Hall–Kier alpha value is -0.610.